The molecule has 84 valence electrons. The second-order valence-electron chi connectivity index (χ2n) is 3.49. The number of aromatic hydroxyl groups is 1. The van der Waals surface area contributed by atoms with E-state index in [0.717, 1.165) is 5.56 Å². The number of phenols is 1. The summed E-state index contributed by atoms with van der Waals surface area (Å²) in [6, 6.07) is 3.20. The van der Waals surface area contributed by atoms with Crippen molar-refractivity contribution >= 4 is 0 Å². The molecule has 1 aromatic rings. The zero-order chi connectivity index (χ0) is 11.6. The van der Waals surface area contributed by atoms with E-state index in [9.17, 15) is 18.3 Å². The molecule has 0 fully saturated rings. The third-order valence-electron chi connectivity index (χ3n) is 2.03. The number of halogens is 3. The number of alkyl halides is 3. The molecule has 1 atom stereocenters. The summed E-state index contributed by atoms with van der Waals surface area (Å²) in [6.45, 7) is 1.73. The van der Waals surface area contributed by atoms with Gasteiger partial charge in [0.25, 0.3) is 0 Å². The van der Waals surface area contributed by atoms with Gasteiger partial charge in [0.2, 0.25) is 0 Å². The lowest BCUT2D eigenvalue weighted by molar-refractivity contribution is -0.138. The molecule has 0 aliphatic rings. The van der Waals surface area contributed by atoms with Gasteiger partial charge in [0.05, 0.1) is 6.42 Å². The van der Waals surface area contributed by atoms with E-state index in [0.29, 0.717) is 0 Å². The van der Waals surface area contributed by atoms with Crippen LogP contribution in [0.25, 0.3) is 0 Å². The van der Waals surface area contributed by atoms with Crippen LogP contribution in [0.4, 0.5) is 13.2 Å². The first-order chi connectivity index (χ1) is 6.79. The van der Waals surface area contributed by atoms with Gasteiger partial charge >= 0.3 is 6.18 Å². The van der Waals surface area contributed by atoms with Crippen molar-refractivity contribution in [1.82, 2.24) is 0 Å². The first-order valence-electron chi connectivity index (χ1n) is 4.41. The van der Waals surface area contributed by atoms with Gasteiger partial charge in [-0.1, -0.05) is 17.7 Å². The van der Waals surface area contributed by atoms with Crippen LogP contribution in [-0.2, 0) is 0 Å². The number of aryl methyl sites for hydroxylation is 1. The van der Waals surface area contributed by atoms with Crippen molar-refractivity contribution < 1.29 is 18.3 Å². The standard InChI is InChI=1S/C10H12F3NO/c1-6-2-3-9(15)7(4-6)8(14)5-10(11,12)13/h2-4,8,15H,5,14H2,1H3/t8-/m1/s1. The van der Waals surface area contributed by atoms with Crippen molar-refractivity contribution in [3.05, 3.63) is 29.3 Å². The van der Waals surface area contributed by atoms with E-state index in [4.69, 9.17) is 5.73 Å². The van der Waals surface area contributed by atoms with Crippen LogP contribution in [-0.4, -0.2) is 11.3 Å². The second kappa shape index (κ2) is 4.10. The van der Waals surface area contributed by atoms with Crippen LogP contribution >= 0.6 is 0 Å². The predicted molar refractivity (Wildman–Crippen MR) is 50.4 cm³/mol. The maximum Gasteiger partial charge on any atom is 0.390 e. The van der Waals surface area contributed by atoms with Crippen LogP contribution < -0.4 is 5.73 Å². The summed E-state index contributed by atoms with van der Waals surface area (Å²) in [5.74, 6) is -0.197. The summed E-state index contributed by atoms with van der Waals surface area (Å²) in [6.07, 6.45) is -5.46. The molecular formula is C10H12F3NO. The van der Waals surface area contributed by atoms with Crippen molar-refractivity contribution in [2.45, 2.75) is 25.6 Å². The fraction of sp³-hybridized carbons (Fsp3) is 0.400. The van der Waals surface area contributed by atoms with Crippen LogP contribution in [0, 0.1) is 6.92 Å². The molecule has 2 nitrogen and oxygen atoms in total. The van der Waals surface area contributed by atoms with Crippen molar-refractivity contribution in [1.29, 1.82) is 0 Å². The Morgan fingerprint density at radius 1 is 1.40 bits per heavy atom. The third-order valence-corrected chi connectivity index (χ3v) is 2.03. The molecule has 0 heterocycles. The Hall–Kier alpha value is -1.23. The zero-order valence-corrected chi connectivity index (χ0v) is 8.17. The third kappa shape index (κ3) is 3.43. The monoisotopic (exact) mass is 219 g/mol. The van der Waals surface area contributed by atoms with Crippen molar-refractivity contribution in [2.75, 3.05) is 0 Å². The van der Waals surface area contributed by atoms with Gasteiger partial charge in [-0.3, -0.25) is 0 Å². The quantitative estimate of drug-likeness (QED) is 0.803. The molecule has 5 heteroatoms. The summed E-state index contributed by atoms with van der Waals surface area (Å²) in [5.41, 5.74) is 6.27. The number of phenolic OH excluding ortho intramolecular Hbond substituents is 1. The van der Waals surface area contributed by atoms with Crippen LogP contribution in [0.3, 0.4) is 0 Å². The molecule has 0 unspecified atom stereocenters. The fourth-order valence-electron chi connectivity index (χ4n) is 1.33. The molecule has 0 aliphatic carbocycles. The van der Waals surface area contributed by atoms with E-state index in [-0.39, 0.29) is 11.3 Å². The van der Waals surface area contributed by atoms with Gasteiger partial charge in [0, 0.05) is 11.6 Å². The van der Waals surface area contributed by atoms with E-state index in [1.54, 1.807) is 13.0 Å². The molecule has 0 spiro atoms. The van der Waals surface area contributed by atoms with Crippen LogP contribution in [0.5, 0.6) is 5.75 Å². The van der Waals surface area contributed by atoms with Gasteiger partial charge in [0.1, 0.15) is 5.75 Å². The summed E-state index contributed by atoms with van der Waals surface area (Å²) in [5, 5.41) is 9.35. The highest BCUT2D eigenvalue weighted by atomic mass is 19.4. The molecule has 1 rings (SSSR count). The van der Waals surface area contributed by atoms with Gasteiger partial charge in [-0.25, -0.2) is 0 Å². The SMILES string of the molecule is Cc1ccc(O)c([C@H](N)CC(F)(F)F)c1. The number of hydrogen-bond donors (Lipinski definition) is 2. The normalized spacial score (nSPS) is 13.9. The minimum atomic E-state index is -4.32. The van der Waals surface area contributed by atoms with Crippen molar-refractivity contribution in [3.63, 3.8) is 0 Å². The molecule has 0 amide bonds. The summed E-state index contributed by atoms with van der Waals surface area (Å²) in [7, 11) is 0. The highest BCUT2D eigenvalue weighted by Crippen LogP contribution is 2.32. The average molecular weight is 219 g/mol. The Bertz CT molecular complexity index is 349. The zero-order valence-electron chi connectivity index (χ0n) is 8.17. The van der Waals surface area contributed by atoms with E-state index >= 15 is 0 Å². The lowest BCUT2D eigenvalue weighted by Gasteiger charge is -2.16. The van der Waals surface area contributed by atoms with Gasteiger partial charge in [-0.05, 0) is 13.0 Å². The molecule has 0 radical (unpaired) electrons. The summed E-state index contributed by atoms with van der Waals surface area (Å²) >= 11 is 0. The molecule has 0 aromatic heterocycles. The topological polar surface area (TPSA) is 46.2 Å². The van der Waals surface area contributed by atoms with Gasteiger partial charge < -0.3 is 10.8 Å². The smallest absolute Gasteiger partial charge is 0.390 e. The van der Waals surface area contributed by atoms with Crippen LogP contribution in [0.1, 0.15) is 23.6 Å². The molecule has 0 aliphatic heterocycles. The van der Waals surface area contributed by atoms with E-state index in [1.807, 2.05) is 0 Å². The maximum atomic E-state index is 12.1. The number of nitrogens with two attached hydrogens (primary N) is 1. The fourth-order valence-corrected chi connectivity index (χ4v) is 1.33. The molecule has 1 aromatic carbocycles. The molecule has 0 saturated carbocycles. The number of benzene rings is 1. The first-order valence-corrected chi connectivity index (χ1v) is 4.41. The molecular weight excluding hydrogens is 207 g/mol. The second-order valence-corrected chi connectivity index (χ2v) is 3.49. The predicted octanol–water partition coefficient (Wildman–Crippen LogP) is 2.65. The van der Waals surface area contributed by atoms with Gasteiger partial charge in [0.15, 0.2) is 0 Å². The first kappa shape index (κ1) is 11.8. The molecule has 0 bridgehead atoms. The van der Waals surface area contributed by atoms with Crippen LogP contribution in [0.2, 0.25) is 0 Å². The molecule has 15 heavy (non-hydrogen) atoms. The van der Waals surface area contributed by atoms with Gasteiger partial charge in [-0.15, -0.1) is 0 Å². The summed E-state index contributed by atoms with van der Waals surface area (Å²) < 4.78 is 36.2. The highest BCUT2D eigenvalue weighted by Gasteiger charge is 2.31. The van der Waals surface area contributed by atoms with E-state index in [1.165, 1.54) is 12.1 Å². The van der Waals surface area contributed by atoms with Gasteiger partial charge in [-0.2, -0.15) is 13.2 Å². The van der Waals surface area contributed by atoms with Crippen molar-refractivity contribution in [2.24, 2.45) is 5.73 Å². The number of rotatable bonds is 2. The average Bonchev–Trinajstić information content (AvgIpc) is 2.06. The Labute approximate surface area is 85.5 Å². The van der Waals surface area contributed by atoms with Crippen molar-refractivity contribution in [3.8, 4) is 5.75 Å². The highest BCUT2D eigenvalue weighted by molar-refractivity contribution is 5.37. The lowest BCUT2D eigenvalue weighted by Crippen LogP contribution is -2.20. The minimum absolute atomic E-state index is 0.132. The summed E-state index contributed by atoms with van der Waals surface area (Å²) in [4.78, 5) is 0. The maximum absolute atomic E-state index is 12.1. The Kier molecular flexibility index (Phi) is 3.24. The number of hydrogen-bond acceptors (Lipinski definition) is 2. The Balaban J connectivity index is 2.90. The van der Waals surface area contributed by atoms with Crippen LogP contribution in [0.15, 0.2) is 18.2 Å². The largest absolute Gasteiger partial charge is 0.508 e. The minimum Gasteiger partial charge on any atom is -0.508 e. The lowest BCUT2D eigenvalue weighted by atomic mass is 10.0. The molecule has 3 N–H and O–H groups in total. The Morgan fingerprint density at radius 2 is 2.00 bits per heavy atom. The molecule has 0 saturated heterocycles. The Morgan fingerprint density at radius 3 is 2.53 bits per heavy atom. The van der Waals surface area contributed by atoms with E-state index < -0.39 is 18.6 Å². The van der Waals surface area contributed by atoms with E-state index in [2.05, 4.69) is 0 Å².